The van der Waals surface area contributed by atoms with E-state index in [4.69, 9.17) is 4.74 Å². The average molecular weight is 323 g/mol. The molecule has 0 aromatic heterocycles. The van der Waals surface area contributed by atoms with Crippen LogP contribution in [0.2, 0.25) is 0 Å². The predicted molar refractivity (Wildman–Crippen MR) is 79.1 cm³/mol. The van der Waals surface area contributed by atoms with Gasteiger partial charge >= 0.3 is 0 Å². The van der Waals surface area contributed by atoms with Gasteiger partial charge in [0.2, 0.25) is 0 Å². The maximum absolute atomic E-state index is 9.50. The van der Waals surface area contributed by atoms with E-state index in [9.17, 15) is 5.26 Å². The van der Waals surface area contributed by atoms with Gasteiger partial charge in [0.15, 0.2) is 0 Å². The zero-order valence-electron chi connectivity index (χ0n) is 11.2. The lowest BCUT2D eigenvalue weighted by atomic mass is 10.1. The Balaban J connectivity index is 2.21. The molecule has 0 amide bonds. The van der Waals surface area contributed by atoms with Crippen molar-refractivity contribution in [3.8, 4) is 11.8 Å². The van der Waals surface area contributed by atoms with Gasteiger partial charge < -0.3 is 4.74 Å². The standard InChI is InChI=1S/C15H19BrN2O/c1-19-15-7-6-12(10-13(15)16)14(11-17)18-8-4-2-3-5-9-18/h6-7,10,14H,2-5,8-9H2,1H3. The molecular weight excluding hydrogens is 304 g/mol. The average Bonchev–Trinajstić information content (AvgIpc) is 2.69. The summed E-state index contributed by atoms with van der Waals surface area (Å²) in [6.07, 6.45) is 4.94. The predicted octanol–water partition coefficient (Wildman–Crippen LogP) is 3.90. The van der Waals surface area contributed by atoms with E-state index in [2.05, 4.69) is 26.9 Å². The lowest BCUT2D eigenvalue weighted by Gasteiger charge is -2.25. The molecule has 1 fully saturated rings. The van der Waals surface area contributed by atoms with E-state index in [1.54, 1.807) is 7.11 Å². The summed E-state index contributed by atoms with van der Waals surface area (Å²) in [4.78, 5) is 2.29. The van der Waals surface area contributed by atoms with Crippen molar-refractivity contribution < 1.29 is 4.74 Å². The van der Waals surface area contributed by atoms with Crippen molar-refractivity contribution in [3.63, 3.8) is 0 Å². The third kappa shape index (κ3) is 3.49. The monoisotopic (exact) mass is 322 g/mol. The third-order valence-electron chi connectivity index (χ3n) is 3.62. The van der Waals surface area contributed by atoms with Crippen LogP contribution >= 0.6 is 15.9 Å². The number of benzene rings is 1. The zero-order valence-corrected chi connectivity index (χ0v) is 12.8. The Morgan fingerprint density at radius 1 is 1.26 bits per heavy atom. The summed E-state index contributed by atoms with van der Waals surface area (Å²) in [6.45, 7) is 2.03. The summed E-state index contributed by atoms with van der Waals surface area (Å²) in [5, 5.41) is 9.50. The second kappa shape index (κ2) is 6.93. The van der Waals surface area contributed by atoms with E-state index in [0.29, 0.717) is 0 Å². The number of likely N-dealkylation sites (tertiary alicyclic amines) is 1. The van der Waals surface area contributed by atoms with Crippen LogP contribution < -0.4 is 4.74 Å². The molecule has 1 saturated heterocycles. The van der Waals surface area contributed by atoms with Crippen LogP contribution in [-0.2, 0) is 0 Å². The van der Waals surface area contributed by atoms with Crippen molar-refractivity contribution in [1.29, 1.82) is 5.26 Å². The van der Waals surface area contributed by atoms with Crippen LogP contribution in [0.5, 0.6) is 5.75 Å². The maximum atomic E-state index is 9.50. The Morgan fingerprint density at radius 3 is 2.47 bits per heavy atom. The Bertz CT molecular complexity index is 462. The number of rotatable bonds is 3. The molecule has 1 aliphatic rings. The minimum Gasteiger partial charge on any atom is -0.496 e. The molecule has 1 unspecified atom stereocenters. The van der Waals surface area contributed by atoms with Crippen LogP contribution in [0.4, 0.5) is 0 Å². The highest BCUT2D eigenvalue weighted by atomic mass is 79.9. The fourth-order valence-corrected chi connectivity index (χ4v) is 3.13. The SMILES string of the molecule is COc1ccc(C(C#N)N2CCCCCC2)cc1Br. The molecule has 0 aliphatic carbocycles. The van der Waals surface area contributed by atoms with Gasteiger partial charge in [0, 0.05) is 0 Å². The lowest BCUT2D eigenvalue weighted by molar-refractivity contribution is 0.245. The first kappa shape index (κ1) is 14.4. The summed E-state index contributed by atoms with van der Waals surface area (Å²) in [5.41, 5.74) is 1.04. The van der Waals surface area contributed by atoms with Crippen molar-refractivity contribution in [2.45, 2.75) is 31.7 Å². The van der Waals surface area contributed by atoms with Gasteiger partial charge in [-0.2, -0.15) is 5.26 Å². The Labute approximate surface area is 123 Å². The smallest absolute Gasteiger partial charge is 0.133 e. The van der Waals surface area contributed by atoms with Crippen LogP contribution in [0.25, 0.3) is 0 Å². The van der Waals surface area contributed by atoms with Gasteiger partial charge in [-0.05, 0) is 59.6 Å². The lowest BCUT2D eigenvalue weighted by Crippen LogP contribution is -2.28. The summed E-state index contributed by atoms with van der Waals surface area (Å²) in [7, 11) is 1.65. The van der Waals surface area contributed by atoms with E-state index in [1.807, 2.05) is 18.2 Å². The third-order valence-corrected chi connectivity index (χ3v) is 4.24. The molecule has 3 nitrogen and oxygen atoms in total. The molecule has 1 aliphatic heterocycles. The number of ether oxygens (including phenoxy) is 1. The Morgan fingerprint density at radius 2 is 1.95 bits per heavy atom. The van der Waals surface area contributed by atoms with Crippen LogP contribution in [0.15, 0.2) is 22.7 Å². The second-order valence-electron chi connectivity index (χ2n) is 4.88. The molecule has 102 valence electrons. The summed E-state index contributed by atoms with van der Waals surface area (Å²) in [5.74, 6) is 0.802. The molecule has 0 N–H and O–H groups in total. The molecule has 1 heterocycles. The molecule has 0 saturated carbocycles. The molecule has 1 aromatic rings. The van der Waals surface area contributed by atoms with Crippen LogP contribution in [0.1, 0.15) is 37.3 Å². The van der Waals surface area contributed by atoms with E-state index in [1.165, 1.54) is 25.7 Å². The zero-order chi connectivity index (χ0) is 13.7. The minimum atomic E-state index is -0.152. The van der Waals surface area contributed by atoms with Gasteiger partial charge in [0.1, 0.15) is 11.8 Å². The van der Waals surface area contributed by atoms with Crippen LogP contribution in [0.3, 0.4) is 0 Å². The van der Waals surface area contributed by atoms with Crippen molar-refractivity contribution >= 4 is 15.9 Å². The first-order valence-electron chi connectivity index (χ1n) is 6.73. The van der Waals surface area contributed by atoms with Gasteiger partial charge in [-0.25, -0.2) is 0 Å². The highest BCUT2D eigenvalue weighted by molar-refractivity contribution is 9.10. The highest BCUT2D eigenvalue weighted by Crippen LogP contribution is 2.31. The molecule has 0 bridgehead atoms. The fraction of sp³-hybridized carbons (Fsp3) is 0.533. The van der Waals surface area contributed by atoms with Crippen molar-refractivity contribution in [2.75, 3.05) is 20.2 Å². The molecule has 0 spiro atoms. The molecule has 2 rings (SSSR count). The van der Waals surface area contributed by atoms with E-state index < -0.39 is 0 Å². The van der Waals surface area contributed by atoms with Gasteiger partial charge in [-0.15, -0.1) is 0 Å². The topological polar surface area (TPSA) is 36.3 Å². The number of hydrogen-bond acceptors (Lipinski definition) is 3. The number of hydrogen-bond donors (Lipinski definition) is 0. The van der Waals surface area contributed by atoms with Gasteiger partial charge in [0.05, 0.1) is 17.7 Å². The molecule has 19 heavy (non-hydrogen) atoms. The number of nitrogens with zero attached hydrogens (tertiary/aromatic N) is 2. The molecule has 4 heteroatoms. The molecular formula is C15H19BrN2O. The van der Waals surface area contributed by atoms with Gasteiger partial charge in [-0.1, -0.05) is 18.9 Å². The molecule has 0 radical (unpaired) electrons. The summed E-state index contributed by atoms with van der Waals surface area (Å²) in [6, 6.07) is 8.20. The summed E-state index contributed by atoms with van der Waals surface area (Å²) >= 11 is 3.49. The fourth-order valence-electron chi connectivity index (χ4n) is 2.57. The summed E-state index contributed by atoms with van der Waals surface area (Å²) < 4.78 is 6.14. The Hall–Kier alpha value is -1.05. The van der Waals surface area contributed by atoms with E-state index in [-0.39, 0.29) is 6.04 Å². The van der Waals surface area contributed by atoms with Crippen molar-refractivity contribution in [1.82, 2.24) is 4.90 Å². The molecule has 1 atom stereocenters. The first-order valence-corrected chi connectivity index (χ1v) is 7.52. The van der Waals surface area contributed by atoms with Gasteiger partial charge in [-0.3, -0.25) is 4.90 Å². The number of methoxy groups -OCH3 is 1. The van der Waals surface area contributed by atoms with Gasteiger partial charge in [0.25, 0.3) is 0 Å². The number of halogens is 1. The van der Waals surface area contributed by atoms with E-state index in [0.717, 1.165) is 28.9 Å². The number of nitriles is 1. The van der Waals surface area contributed by atoms with Crippen molar-refractivity contribution in [3.05, 3.63) is 28.2 Å². The second-order valence-corrected chi connectivity index (χ2v) is 5.73. The maximum Gasteiger partial charge on any atom is 0.133 e. The Kier molecular flexibility index (Phi) is 5.24. The van der Waals surface area contributed by atoms with Crippen LogP contribution in [-0.4, -0.2) is 25.1 Å². The largest absolute Gasteiger partial charge is 0.496 e. The normalized spacial score (nSPS) is 18.4. The quantitative estimate of drug-likeness (QED) is 0.846. The van der Waals surface area contributed by atoms with E-state index >= 15 is 0 Å². The first-order chi connectivity index (χ1) is 9.26. The van der Waals surface area contributed by atoms with Crippen molar-refractivity contribution in [2.24, 2.45) is 0 Å². The van der Waals surface area contributed by atoms with Crippen LogP contribution in [0, 0.1) is 11.3 Å². The molecule has 1 aromatic carbocycles. The minimum absolute atomic E-state index is 0.152. The highest BCUT2D eigenvalue weighted by Gasteiger charge is 2.21.